The van der Waals surface area contributed by atoms with E-state index in [-0.39, 0.29) is 11.8 Å². The topological polar surface area (TPSA) is 52.5 Å². The van der Waals surface area contributed by atoms with Crippen LogP contribution in [0.1, 0.15) is 18.9 Å². The summed E-state index contributed by atoms with van der Waals surface area (Å²) >= 11 is 0. The number of phenolic OH excluding ortho intramolecular Hbond substituents is 1. The third-order valence-corrected chi connectivity index (χ3v) is 3.02. The first-order valence-corrected chi connectivity index (χ1v) is 4.88. The molecule has 0 aromatic heterocycles. The van der Waals surface area contributed by atoms with E-state index in [1.807, 2.05) is 13.0 Å². The van der Waals surface area contributed by atoms with Gasteiger partial charge in [0.1, 0.15) is 11.4 Å². The van der Waals surface area contributed by atoms with Crippen LogP contribution in [0, 0.1) is 0 Å². The van der Waals surface area contributed by atoms with Gasteiger partial charge in [0.15, 0.2) is 0 Å². The Morgan fingerprint density at radius 1 is 1.50 bits per heavy atom. The molecular weight excluding hydrogens is 178 g/mol. The summed E-state index contributed by atoms with van der Waals surface area (Å²) in [6.45, 7) is 2.77. The Labute approximate surface area is 83.4 Å². The van der Waals surface area contributed by atoms with Crippen LogP contribution in [0.15, 0.2) is 24.3 Å². The SMILES string of the molecule is CC1NCCC1(O)c1cccc(O)c1. The molecule has 0 saturated carbocycles. The van der Waals surface area contributed by atoms with E-state index in [9.17, 15) is 10.2 Å². The molecule has 2 atom stereocenters. The zero-order valence-corrected chi connectivity index (χ0v) is 8.20. The first-order valence-electron chi connectivity index (χ1n) is 4.88. The third kappa shape index (κ3) is 1.38. The van der Waals surface area contributed by atoms with Crippen LogP contribution < -0.4 is 5.32 Å². The predicted molar refractivity (Wildman–Crippen MR) is 54.1 cm³/mol. The maximum atomic E-state index is 10.4. The second kappa shape index (κ2) is 3.26. The third-order valence-electron chi connectivity index (χ3n) is 3.02. The van der Waals surface area contributed by atoms with Crippen LogP contribution in [0.5, 0.6) is 5.75 Å². The number of benzene rings is 1. The minimum absolute atomic E-state index is 0.0318. The Morgan fingerprint density at radius 2 is 2.29 bits per heavy atom. The minimum Gasteiger partial charge on any atom is -0.508 e. The summed E-state index contributed by atoms with van der Waals surface area (Å²) in [7, 11) is 0. The number of phenols is 1. The zero-order chi connectivity index (χ0) is 10.2. The van der Waals surface area contributed by atoms with E-state index in [4.69, 9.17) is 0 Å². The minimum atomic E-state index is -0.835. The standard InChI is InChI=1S/C11H15NO2/c1-8-11(14,5-6-12-8)9-3-2-4-10(13)7-9/h2-4,7-8,12-14H,5-6H2,1H3. The van der Waals surface area contributed by atoms with Crippen molar-refractivity contribution in [1.82, 2.24) is 5.32 Å². The van der Waals surface area contributed by atoms with E-state index in [1.54, 1.807) is 18.2 Å². The number of aliphatic hydroxyl groups is 1. The fraction of sp³-hybridized carbons (Fsp3) is 0.455. The van der Waals surface area contributed by atoms with Crippen molar-refractivity contribution in [1.29, 1.82) is 0 Å². The highest BCUT2D eigenvalue weighted by Crippen LogP contribution is 2.33. The predicted octanol–water partition coefficient (Wildman–Crippen LogP) is 0.962. The molecule has 1 saturated heterocycles. The Balaban J connectivity index is 2.38. The van der Waals surface area contributed by atoms with Crippen LogP contribution in [-0.2, 0) is 5.60 Å². The summed E-state index contributed by atoms with van der Waals surface area (Å²) in [4.78, 5) is 0. The summed E-state index contributed by atoms with van der Waals surface area (Å²) in [5.74, 6) is 0.204. The highest BCUT2D eigenvalue weighted by Gasteiger charge is 2.39. The first-order chi connectivity index (χ1) is 6.63. The molecule has 0 radical (unpaired) electrons. The van der Waals surface area contributed by atoms with Crippen LogP contribution in [0.2, 0.25) is 0 Å². The van der Waals surface area contributed by atoms with Crippen molar-refractivity contribution in [2.75, 3.05) is 6.54 Å². The average Bonchev–Trinajstić information content (AvgIpc) is 2.49. The first kappa shape index (κ1) is 9.49. The molecule has 0 aliphatic carbocycles. The largest absolute Gasteiger partial charge is 0.508 e. The fourth-order valence-electron chi connectivity index (χ4n) is 2.03. The summed E-state index contributed by atoms with van der Waals surface area (Å²) in [6, 6.07) is 6.88. The lowest BCUT2D eigenvalue weighted by Crippen LogP contribution is -2.37. The van der Waals surface area contributed by atoms with Crippen LogP contribution in [0.3, 0.4) is 0 Å². The molecule has 1 aromatic carbocycles. The van der Waals surface area contributed by atoms with E-state index in [0.717, 1.165) is 12.1 Å². The van der Waals surface area contributed by atoms with Gasteiger partial charge < -0.3 is 15.5 Å². The molecule has 0 spiro atoms. The number of hydrogen-bond acceptors (Lipinski definition) is 3. The van der Waals surface area contributed by atoms with Gasteiger partial charge >= 0.3 is 0 Å². The van der Waals surface area contributed by atoms with Crippen molar-refractivity contribution in [2.24, 2.45) is 0 Å². The lowest BCUT2D eigenvalue weighted by atomic mass is 9.87. The van der Waals surface area contributed by atoms with E-state index < -0.39 is 5.60 Å². The fourth-order valence-corrected chi connectivity index (χ4v) is 2.03. The van der Waals surface area contributed by atoms with Gasteiger partial charge in [0.05, 0.1) is 0 Å². The Bertz CT molecular complexity index is 340. The van der Waals surface area contributed by atoms with Gasteiger partial charge in [0.2, 0.25) is 0 Å². The Hall–Kier alpha value is -1.06. The van der Waals surface area contributed by atoms with Crippen molar-refractivity contribution >= 4 is 0 Å². The monoisotopic (exact) mass is 193 g/mol. The van der Waals surface area contributed by atoms with Crippen LogP contribution in [0.25, 0.3) is 0 Å². The molecule has 2 unspecified atom stereocenters. The van der Waals surface area contributed by atoms with Crippen LogP contribution >= 0.6 is 0 Å². The molecule has 76 valence electrons. The van der Waals surface area contributed by atoms with Crippen molar-refractivity contribution in [3.8, 4) is 5.75 Å². The van der Waals surface area contributed by atoms with Crippen molar-refractivity contribution in [2.45, 2.75) is 25.0 Å². The molecule has 2 rings (SSSR count). The van der Waals surface area contributed by atoms with Gasteiger partial charge in [-0.25, -0.2) is 0 Å². The quantitative estimate of drug-likeness (QED) is 0.622. The van der Waals surface area contributed by atoms with Crippen LogP contribution in [0.4, 0.5) is 0 Å². The molecule has 1 fully saturated rings. The lowest BCUT2D eigenvalue weighted by molar-refractivity contribution is 0.0291. The maximum absolute atomic E-state index is 10.4. The highest BCUT2D eigenvalue weighted by atomic mass is 16.3. The van der Waals surface area contributed by atoms with Crippen molar-refractivity contribution in [3.05, 3.63) is 29.8 Å². The molecule has 1 aliphatic rings. The van der Waals surface area contributed by atoms with Gasteiger partial charge in [-0.2, -0.15) is 0 Å². The molecular formula is C11H15NO2. The van der Waals surface area contributed by atoms with Crippen molar-refractivity contribution < 1.29 is 10.2 Å². The number of nitrogens with one attached hydrogen (secondary N) is 1. The molecule has 1 aliphatic heterocycles. The molecule has 0 bridgehead atoms. The van der Waals surface area contributed by atoms with E-state index >= 15 is 0 Å². The number of aromatic hydroxyl groups is 1. The van der Waals surface area contributed by atoms with Gasteiger partial charge in [0.25, 0.3) is 0 Å². The van der Waals surface area contributed by atoms with Gasteiger partial charge in [-0.05, 0) is 37.6 Å². The molecule has 3 nitrogen and oxygen atoms in total. The second-order valence-electron chi connectivity index (χ2n) is 3.90. The molecule has 0 amide bonds. The Kier molecular flexibility index (Phi) is 2.21. The average molecular weight is 193 g/mol. The molecule has 14 heavy (non-hydrogen) atoms. The van der Waals surface area contributed by atoms with Gasteiger partial charge in [0, 0.05) is 6.04 Å². The normalized spacial score (nSPS) is 32.0. The van der Waals surface area contributed by atoms with Gasteiger partial charge in [-0.3, -0.25) is 0 Å². The summed E-state index contributed by atoms with van der Waals surface area (Å²) in [6.07, 6.45) is 0.692. The van der Waals surface area contributed by atoms with Gasteiger partial charge in [-0.1, -0.05) is 12.1 Å². The smallest absolute Gasteiger partial charge is 0.115 e. The van der Waals surface area contributed by atoms with E-state index in [0.29, 0.717) is 6.42 Å². The molecule has 3 N–H and O–H groups in total. The lowest BCUT2D eigenvalue weighted by Gasteiger charge is -2.27. The molecule has 3 heteroatoms. The van der Waals surface area contributed by atoms with Gasteiger partial charge in [-0.15, -0.1) is 0 Å². The summed E-state index contributed by atoms with van der Waals surface area (Å²) in [5, 5.41) is 22.9. The van der Waals surface area contributed by atoms with Crippen LogP contribution in [-0.4, -0.2) is 22.8 Å². The van der Waals surface area contributed by atoms with E-state index in [2.05, 4.69) is 5.32 Å². The molecule has 1 aromatic rings. The van der Waals surface area contributed by atoms with E-state index in [1.165, 1.54) is 0 Å². The number of rotatable bonds is 1. The summed E-state index contributed by atoms with van der Waals surface area (Å²) in [5.41, 5.74) is -0.0475. The van der Waals surface area contributed by atoms with Crippen molar-refractivity contribution in [3.63, 3.8) is 0 Å². The maximum Gasteiger partial charge on any atom is 0.115 e. The second-order valence-corrected chi connectivity index (χ2v) is 3.90. The zero-order valence-electron chi connectivity index (χ0n) is 8.20. The highest BCUT2D eigenvalue weighted by molar-refractivity contribution is 5.33. The number of hydrogen-bond donors (Lipinski definition) is 3. The Morgan fingerprint density at radius 3 is 2.86 bits per heavy atom. The molecule has 1 heterocycles. The summed E-state index contributed by atoms with van der Waals surface area (Å²) < 4.78 is 0.